The van der Waals surface area contributed by atoms with Crippen LogP contribution in [0, 0.1) is 0 Å². The van der Waals surface area contributed by atoms with Crippen LogP contribution in [0.5, 0.6) is 5.75 Å². The molecule has 24 heavy (non-hydrogen) atoms. The molecule has 1 aromatic carbocycles. The quantitative estimate of drug-likeness (QED) is 0.642. The van der Waals surface area contributed by atoms with Crippen LogP contribution in [0.25, 0.3) is 0 Å². The Kier molecular flexibility index (Phi) is 4.89. The molecule has 0 bridgehead atoms. The molecule has 126 valence electrons. The highest BCUT2D eigenvalue weighted by atomic mass is 32.2. The van der Waals surface area contributed by atoms with Crippen LogP contribution < -0.4 is 15.6 Å². The number of carbonyl (C=O) groups excluding carboxylic acids is 1. The van der Waals surface area contributed by atoms with Crippen LogP contribution in [0.4, 0.5) is 5.69 Å². The molecule has 0 spiro atoms. The third-order valence-corrected chi connectivity index (χ3v) is 4.92. The van der Waals surface area contributed by atoms with Crippen LogP contribution in [0.1, 0.15) is 24.6 Å². The second-order valence-corrected chi connectivity index (χ2v) is 6.96. The number of H-pyrrole nitrogens is 1. The average Bonchev–Trinajstić information content (AvgIpc) is 3.04. The number of anilines is 1. The molecule has 1 heterocycles. The van der Waals surface area contributed by atoms with E-state index in [2.05, 4.69) is 15.3 Å². The summed E-state index contributed by atoms with van der Waals surface area (Å²) in [5.74, 6) is 0.587. The topological polar surface area (TPSA) is 84.1 Å². The Morgan fingerprint density at radius 1 is 1.33 bits per heavy atom. The summed E-state index contributed by atoms with van der Waals surface area (Å²) in [6.07, 6.45) is 2.59. The monoisotopic (exact) mass is 345 g/mol. The van der Waals surface area contributed by atoms with Gasteiger partial charge in [-0.2, -0.15) is 0 Å². The Balaban J connectivity index is 1.65. The van der Waals surface area contributed by atoms with Gasteiger partial charge in [0.2, 0.25) is 5.91 Å². The highest BCUT2D eigenvalue weighted by Crippen LogP contribution is 2.24. The van der Waals surface area contributed by atoms with Gasteiger partial charge in [0.15, 0.2) is 5.16 Å². The number of benzene rings is 1. The van der Waals surface area contributed by atoms with Gasteiger partial charge in [-0.1, -0.05) is 11.8 Å². The number of aryl methyl sites for hydroxylation is 1. The smallest absolute Gasteiger partial charge is 0.254 e. The van der Waals surface area contributed by atoms with Gasteiger partial charge in [-0.15, -0.1) is 0 Å². The number of hydrogen-bond donors (Lipinski definition) is 2. The molecule has 1 unspecified atom stereocenters. The number of fused-ring (bicyclic) bond motifs is 1. The van der Waals surface area contributed by atoms with E-state index in [1.165, 1.54) is 11.8 Å². The van der Waals surface area contributed by atoms with E-state index in [-0.39, 0.29) is 16.7 Å². The molecular weight excluding hydrogens is 326 g/mol. The minimum atomic E-state index is -0.380. The van der Waals surface area contributed by atoms with Crippen molar-refractivity contribution in [1.82, 2.24) is 9.97 Å². The lowest BCUT2D eigenvalue weighted by atomic mass is 10.3. The summed E-state index contributed by atoms with van der Waals surface area (Å²) in [5, 5.41) is 2.96. The summed E-state index contributed by atoms with van der Waals surface area (Å²) in [6.45, 7) is 1.79. The van der Waals surface area contributed by atoms with Gasteiger partial charge in [-0.3, -0.25) is 9.59 Å². The average molecular weight is 345 g/mol. The Labute approximate surface area is 144 Å². The number of nitrogens with zero attached hydrogens (tertiary/aromatic N) is 1. The lowest BCUT2D eigenvalue weighted by Crippen LogP contribution is -2.23. The Hall–Kier alpha value is -2.28. The van der Waals surface area contributed by atoms with Gasteiger partial charge in [0, 0.05) is 11.3 Å². The molecule has 0 fully saturated rings. The fourth-order valence-electron chi connectivity index (χ4n) is 2.61. The van der Waals surface area contributed by atoms with Crippen LogP contribution >= 0.6 is 11.8 Å². The lowest BCUT2D eigenvalue weighted by molar-refractivity contribution is -0.115. The predicted octanol–water partition coefficient (Wildman–Crippen LogP) is 2.39. The molecule has 6 nitrogen and oxygen atoms in total. The maximum atomic E-state index is 12.3. The highest BCUT2D eigenvalue weighted by Gasteiger charge is 2.20. The van der Waals surface area contributed by atoms with E-state index >= 15 is 0 Å². The van der Waals surface area contributed by atoms with Crippen LogP contribution in [0.3, 0.4) is 0 Å². The zero-order valence-corrected chi connectivity index (χ0v) is 14.4. The van der Waals surface area contributed by atoms with Crippen molar-refractivity contribution in [2.45, 2.75) is 36.6 Å². The molecule has 0 aliphatic heterocycles. The van der Waals surface area contributed by atoms with Crippen molar-refractivity contribution in [2.24, 2.45) is 0 Å². The lowest BCUT2D eigenvalue weighted by Gasteiger charge is -2.12. The number of thioether (sulfide) groups is 1. The zero-order chi connectivity index (χ0) is 17.1. The van der Waals surface area contributed by atoms with Gasteiger partial charge in [0.1, 0.15) is 5.75 Å². The number of nitrogens with one attached hydrogen (secondary N) is 2. The Morgan fingerprint density at radius 2 is 2.08 bits per heavy atom. The van der Waals surface area contributed by atoms with Gasteiger partial charge in [-0.25, -0.2) is 4.98 Å². The van der Waals surface area contributed by atoms with Gasteiger partial charge in [-0.05, 0) is 50.5 Å². The summed E-state index contributed by atoms with van der Waals surface area (Å²) >= 11 is 1.26. The standard InChI is InChI=1S/C17H19N3O3S/c1-10(15(21)18-11-6-8-12(23-2)9-7-11)24-17-19-14-5-3-4-13(14)16(22)20-17/h6-10H,3-5H2,1-2H3,(H,18,21)(H,19,20,22). The maximum absolute atomic E-state index is 12.3. The number of aromatic nitrogens is 2. The zero-order valence-electron chi connectivity index (χ0n) is 13.6. The first-order valence-corrected chi connectivity index (χ1v) is 8.68. The third kappa shape index (κ3) is 3.62. The van der Waals surface area contributed by atoms with Crippen LogP contribution in [-0.4, -0.2) is 28.2 Å². The van der Waals surface area contributed by atoms with E-state index in [0.717, 1.165) is 36.3 Å². The van der Waals surface area contributed by atoms with Gasteiger partial charge >= 0.3 is 0 Å². The van der Waals surface area contributed by atoms with E-state index in [4.69, 9.17) is 4.74 Å². The third-order valence-electron chi connectivity index (χ3n) is 3.93. The Morgan fingerprint density at radius 3 is 2.79 bits per heavy atom. The summed E-state index contributed by atoms with van der Waals surface area (Å²) in [6, 6.07) is 7.13. The number of rotatable bonds is 5. The number of carbonyl (C=O) groups is 1. The van der Waals surface area contributed by atoms with Gasteiger partial charge in [0.25, 0.3) is 5.56 Å². The molecule has 0 saturated heterocycles. The number of amides is 1. The van der Waals surface area contributed by atoms with Crippen LogP contribution in [0.2, 0.25) is 0 Å². The molecule has 1 amide bonds. The van der Waals surface area contributed by atoms with Crippen molar-refractivity contribution in [3.63, 3.8) is 0 Å². The number of aromatic amines is 1. The highest BCUT2D eigenvalue weighted by molar-refractivity contribution is 8.00. The van der Waals surface area contributed by atoms with Crippen molar-refractivity contribution in [1.29, 1.82) is 0 Å². The molecule has 7 heteroatoms. The molecule has 3 rings (SSSR count). The summed E-state index contributed by atoms with van der Waals surface area (Å²) in [7, 11) is 1.59. The summed E-state index contributed by atoms with van der Waals surface area (Å²) < 4.78 is 5.09. The van der Waals surface area contributed by atoms with Crippen molar-refractivity contribution in [2.75, 3.05) is 12.4 Å². The van der Waals surface area contributed by atoms with Crippen LogP contribution in [-0.2, 0) is 17.6 Å². The van der Waals surface area contributed by atoms with E-state index in [1.807, 2.05) is 0 Å². The first-order chi connectivity index (χ1) is 11.6. The maximum Gasteiger partial charge on any atom is 0.254 e. The van der Waals surface area contributed by atoms with Gasteiger partial charge < -0.3 is 15.0 Å². The number of ether oxygens (including phenoxy) is 1. The molecule has 1 aromatic heterocycles. The molecule has 0 saturated carbocycles. The number of methoxy groups -OCH3 is 1. The fourth-order valence-corrected chi connectivity index (χ4v) is 3.43. The summed E-state index contributed by atoms with van der Waals surface area (Å²) in [5.41, 5.74) is 2.27. The van der Waals surface area contributed by atoms with Crippen molar-refractivity contribution >= 4 is 23.4 Å². The van der Waals surface area contributed by atoms with E-state index in [9.17, 15) is 9.59 Å². The van der Waals surface area contributed by atoms with Crippen molar-refractivity contribution < 1.29 is 9.53 Å². The molecule has 2 N–H and O–H groups in total. The first kappa shape index (κ1) is 16.6. The van der Waals surface area contributed by atoms with Crippen molar-refractivity contribution in [3.8, 4) is 5.75 Å². The molecule has 1 aliphatic rings. The van der Waals surface area contributed by atoms with Crippen LogP contribution in [0.15, 0.2) is 34.2 Å². The second-order valence-electron chi connectivity index (χ2n) is 5.63. The minimum absolute atomic E-state index is 0.0808. The van der Waals surface area contributed by atoms with Crippen molar-refractivity contribution in [3.05, 3.63) is 45.9 Å². The molecule has 2 aromatic rings. The first-order valence-electron chi connectivity index (χ1n) is 7.80. The SMILES string of the molecule is COc1ccc(NC(=O)C(C)Sc2nc3c(c(=O)[nH]2)CCC3)cc1. The van der Waals surface area contributed by atoms with E-state index < -0.39 is 0 Å². The fraction of sp³-hybridized carbons (Fsp3) is 0.353. The molecular formula is C17H19N3O3S. The molecule has 0 radical (unpaired) electrons. The molecule has 1 aliphatic carbocycles. The second kappa shape index (κ2) is 7.09. The Bertz CT molecular complexity index is 802. The summed E-state index contributed by atoms with van der Waals surface area (Å²) in [4.78, 5) is 31.6. The largest absolute Gasteiger partial charge is 0.497 e. The molecule has 1 atom stereocenters. The van der Waals surface area contributed by atoms with Gasteiger partial charge in [0.05, 0.1) is 18.1 Å². The normalized spacial score (nSPS) is 14.1. The number of hydrogen-bond acceptors (Lipinski definition) is 5. The van der Waals surface area contributed by atoms with E-state index in [0.29, 0.717) is 10.8 Å². The predicted molar refractivity (Wildman–Crippen MR) is 93.8 cm³/mol. The minimum Gasteiger partial charge on any atom is -0.497 e. The van der Waals surface area contributed by atoms with E-state index in [1.54, 1.807) is 38.3 Å².